The van der Waals surface area contributed by atoms with E-state index in [1.165, 1.54) is 0 Å². The van der Waals surface area contributed by atoms with E-state index in [0.717, 1.165) is 22.6 Å². The average molecular weight is 418 g/mol. The third-order valence-electron chi connectivity index (χ3n) is 5.07. The van der Waals surface area contributed by atoms with Crippen molar-refractivity contribution in [3.05, 3.63) is 52.5 Å². The smallest absolute Gasteiger partial charge is 0.243 e. The number of hydrogen-bond donors (Lipinski definition) is 0. The van der Waals surface area contributed by atoms with Crippen LogP contribution in [0.25, 0.3) is 10.8 Å². The summed E-state index contributed by atoms with van der Waals surface area (Å²) in [5.41, 5.74) is 1.06. The molecule has 1 aliphatic heterocycles. The molecule has 1 saturated heterocycles. The van der Waals surface area contributed by atoms with Gasteiger partial charge in [-0.2, -0.15) is 4.31 Å². The number of aryl methyl sites for hydroxylation is 1. The number of ether oxygens (including phenoxy) is 1. The maximum Gasteiger partial charge on any atom is 0.243 e. The molecule has 0 radical (unpaired) electrons. The van der Waals surface area contributed by atoms with E-state index in [1.54, 1.807) is 34.9 Å². The minimum atomic E-state index is -3.57. The van der Waals surface area contributed by atoms with Crippen molar-refractivity contribution in [2.24, 2.45) is 0 Å². The van der Waals surface area contributed by atoms with Gasteiger partial charge in [0.1, 0.15) is 5.75 Å². The zero-order valence-corrected chi connectivity index (χ0v) is 17.6. The zero-order chi connectivity index (χ0) is 19.7. The summed E-state index contributed by atoms with van der Waals surface area (Å²) in [6, 6.07) is 10.9. The van der Waals surface area contributed by atoms with Gasteiger partial charge < -0.3 is 4.74 Å². The Balaban J connectivity index is 1.54. The van der Waals surface area contributed by atoms with Crippen molar-refractivity contribution in [1.82, 2.24) is 14.2 Å². The number of thiazole rings is 1. The van der Waals surface area contributed by atoms with E-state index < -0.39 is 10.0 Å². The van der Waals surface area contributed by atoms with Crippen LogP contribution in [0.5, 0.6) is 5.75 Å². The number of fused-ring (bicyclic) bond motifs is 1. The van der Waals surface area contributed by atoms with E-state index in [2.05, 4.69) is 15.3 Å². The Morgan fingerprint density at radius 3 is 2.43 bits per heavy atom. The fourth-order valence-corrected chi connectivity index (χ4v) is 5.85. The highest BCUT2D eigenvalue weighted by Crippen LogP contribution is 2.32. The SMILES string of the molecule is COc1ccc(S(=O)(=O)N2CCN(Cc3csc(C)n3)CC2)c2ccccc12. The van der Waals surface area contributed by atoms with Crippen LogP contribution in [-0.2, 0) is 16.6 Å². The Morgan fingerprint density at radius 2 is 1.79 bits per heavy atom. The standard InChI is InChI=1S/C20H23N3O3S2/c1-15-21-16(14-27-15)13-22-9-11-23(12-10-22)28(24,25)20-8-7-19(26-2)17-5-3-4-6-18(17)20/h3-8,14H,9-13H2,1-2H3. The fraction of sp³-hybridized carbons (Fsp3) is 0.350. The van der Waals surface area contributed by atoms with Gasteiger partial charge in [-0.1, -0.05) is 24.3 Å². The number of rotatable bonds is 5. The maximum absolute atomic E-state index is 13.3. The predicted molar refractivity (Wildman–Crippen MR) is 111 cm³/mol. The topological polar surface area (TPSA) is 62.7 Å². The molecule has 0 saturated carbocycles. The summed E-state index contributed by atoms with van der Waals surface area (Å²) in [5.74, 6) is 0.679. The summed E-state index contributed by atoms with van der Waals surface area (Å²) in [6.45, 7) is 5.12. The molecule has 1 fully saturated rings. The summed E-state index contributed by atoms with van der Waals surface area (Å²) in [6.07, 6.45) is 0. The molecular formula is C20H23N3O3S2. The molecule has 3 aromatic rings. The summed E-state index contributed by atoms with van der Waals surface area (Å²) in [5, 5.41) is 4.63. The molecule has 2 heterocycles. The summed E-state index contributed by atoms with van der Waals surface area (Å²) >= 11 is 1.64. The van der Waals surface area contributed by atoms with Gasteiger partial charge in [-0.15, -0.1) is 11.3 Å². The Labute approximate surface area is 169 Å². The van der Waals surface area contributed by atoms with Crippen molar-refractivity contribution in [2.45, 2.75) is 18.4 Å². The lowest BCUT2D eigenvalue weighted by molar-refractivity contribution is 0.180. The molecule has 0 amide bonds. The van der Waals surface area contributed by atoms with E-state index >= 15 is 0 Å². The van der Waals surface area contributed by atoms with Crippen molar-refractivity contribution >= 4 is 32.1 Å². The normalized spacial score (nSPS) is 16.5. The van der Waals surface area contributed by atoms with Crippen LogP contribution in [0.2, 0.25) is 0 Å². The highest BCUT2D eigenvalue weighted by Gasteiger charge is 2.30. The largest absolute Gasteiger partial charge is 0.496 e. The second-order valence-corrected chi connectivity index (χ2v) is 9.82. The van der Waals surface area contributed by atoms with Gasteiger partial charge in [-0.3, -0.25) is 4.90 Å². The van der Waals surface area contributed by atoms with Gasteiger partial charge in [0.05, 0.1) is 22.7 Å². The number of aromatic nitrogens is 1. The van der Waals surface area contributed by atoms with Crippen molar-refractivity contribution in [3.8, 4) is 5.75 Å². The quantitative estimate of drug-likeness (QED) is 0.638. The van der Waals surface area contributed by atoms with Crippen LogP contribution in [0.1, 0.15) is 10.7 Å². The molecule has 148 valence electrons. The van der Waals surface area contributed by atoms with Gasteiger partial charge in [0.15, 0.2) is 0 Å². The zero-order valence-electron chi connectivity index (χ0n) is 16.0. The Morgan fingerprint density at radius 1 is 1.07 bits per heavy atom. The van der Waals surface area contributed by atoms with E-state index in [4.69, 9.17) is 4.74 Å². The van der Waals surface area contributed by atoms with E-state index in [9.17, 15) is 8.42 Å². The van der Waals surface area contributed by atoms with Gasteiger partial charge in [0.25, 0.3) is 0 Å². The van der Waals surface area contributed by atoms with E-state index in [0.29, 0.717) is 42.2 Å². The summed E-state index contributed by atoms with van der Waals surface area (Å²) < 4.78 is 33.6. The van der Waals surface area contributed by atoms with Gasteiger partial charge >= 0.3 is 0 Å². The summed E-state index contributed by atoms with van der Waals surface area (Å²) in [4.78, 5) is 7.10. The van der Waals surface area contributed by atoms with Crippen LogP contribution in [0.3, 0.4) is 0 Å². The first-order valence-corrected chi connectivity index (χ1v) is 11.5. The molecule has 28 heavy (non-hydrogen) atoms. The molecular weight excluding hydrogens is 394 g/mol. The molecule has 0 atom stereocenters. The van der Waals surface area contributed by atoms with Gasteiger partial charge in [0, 0.05) is 48.9 Å². The molecule has 4 rings (SSSR count). The van der Waals surface area contributed by atoms with Gasteiger partial charge in [-0.05, 0) is 19.1 Å². The molecule has 0 N–H and O–H groups in total. The van der Waals surface area contributed by atoms with Crippen LogP contribution < -0.4 is 4.74 Å². The van der Waals surface area contributed by atoms with Crippen molar-refractivity contribution in [2.75, 3.05) is 33.3 Å². The number of sulfonamides is 1. The monoisotopic (exact) mass is 417 g/mol. The van der Waals surface area contributed by atoms with Crippen molar-refractivity contribution in [1.29, 1.82) is 0 Å². The number of piperazine rings is 1. The highest BCUT2D eigenvalue weighted by molar-refractivity contribution is 7.89. The van der Waals surface area contributed by atoms with Crippen molar-refractivity contribution in [3.63, 3.8) is 0 Å². The lowest BCUT2D eigenvalue weighted by Gasteiger charge is -2.33. The second kappa shape index (κ2) is 7.79. The first-order valence-electron chi connectivity index (χ1n) is 9.18. The van der Waals surface area contributed by atoms with Gasteiger partial charge in [-0.25, -0.2) is 13.4 Å². The van der Waals surface area contributed by atoms with E-state index in [1.807, 2.05) is 31.2 Å². The van der Waals surface area contributed by atoms with Crippen LogP contribution in [-0.4, -0.2) is 55.9 Å². The molecule has 6 nitrogen and oxygen atoms in total. The number of methoxy groups -OCH3 is 1. The molecule has 2 aromatic carbocycles. The molecule has 0 aliphatic carbocycles. The maximum atomic E-state index is 13.3. The minimum absolute atomic E-state index is 0.340. The third kappa shape index (κ3) is 3.65. The molecule has 0 unspecified atom stereocenters. The number of hydrogen-bond acceptors (Lipinski definition) is 6. The number of benzene rings is 2. The lowest BCUT2D eigenvalue weighted by atomic mass is 10.1. The molecule has 1 aromatic heterocycles. The predicted octanol–water partition coefficient (Wildman–Crippen LogP) is 3.12. The van der Waals surface area contributed by atoms with Gasteiger partial charge in [0.2, 0.25) is 10.0 Å². The van der Waals surface area contributed by atoms with E-state index in [-0.39, 0.29) is 0 Å². The fourth-order valence-electron chi connectivity index (χ4n) is 3.62. The molecule has 0 spiro atoms. The Kier molecular flexibility index (Phi) is 5.37. The molecule has 0 bridgehead atoms. The third-order valence-corrected chi connectivity index (χ3v) is 7.84. The molecule has 8 heteroatoms. The van der Waals surface area contributed by atoms with Crippen LogP contribution in [0.4, 0.5) is 0 Å². The van der Waals surface area contributed by atoms with Crippen LogP contribution in [0, 0.1) is 6.92 Å². The van der Waals surface area contributed by atoms with Crippen LogP contribution in [0.15, 0.2) is 46.7 Å². The Bertz CT molecular complexity index is 1090. The second-order valence-electron chi connectivity index (χ2n) is 6.85. The average Bonchev–Trinajstić information content (AvgIpc) is 3.12. The number of nitrogens with zero attached hydrogens (tertiary/aromatic N) is 3. The molecule has 1 aliphatic rings. The Hall–Kier alpha value is -2.00. The highest BCUT2D eigenvalue weighted by atomic mass is 32.2. The summed E-state index contributed by atoms with van der Waals surface area (Å²) in [7, 11) is -1.97. The minimum Gasteiger partial charge on any atom is -0.496 e. The lowest BCUT2D eigenvalue weighted by Crippen LogP contribution is -2.48. The van der Waals surface area contributed by atoms with Crippen molar-refractivity contribution < 1.29 is 13.2 Å². The first kappa shape index (κ1) is 19.3. The van der Waals surface area contributed by atoms with Crippen LogP contribution >= 0.6 is 11.3 Å². The first-order chi connectivity index (χ1) is 13.5.